The van der Waals surface area contributed by atoms with Crippen molar-refractivity contribution in [1.82, 2.24) is 5.43 Å². The summed E-state index contributed by atoms with van der Waals surface area (Å²) in [6, 6.07) is 7.97. The number of ether oxygens (including phenoxy) is 1. The molecule has 0 fully saturated rings. The number of hydrogen-bond acceptors (Lipinski definition) is 4. The van der Waals surface area contributed by atoms with Crippen LogP contribution < -0.4 is 10.3 Å². The zero-order valence-corrected chi connectivity index (χ0v) is 14.4. The number of benzene rings is 1. The Morgan fingerprint density at radius 2 is 1.90 bits per heavy atom. The lowest BCUT2D eigenvalue weighted by Gasteiger charge is -2.23. The highest BCUT2D eigenvalue weighted by Gasteiger charge is 2.04. The number of hydrazone groups is 1. The van der Waals surface area contributed by atoms with Crippen LogP contribution >= 0.6 is 31.9 Å². The Morgan fingerprint density at radius 1 is 1.30 bits per heavy atom. The fraction of sp³-hybridized carbons (Fsp3) is 0.385. The van der Waals surface area contributed by atoms with E-state index in [1.54, 1.807) is 6.21 Å². The minimum Gasteiger partial charge on any atom is -0.452 e. The molecule has 0 heterocycles. The van der Waals surface area contributed by atoms with Crippen LogP contribution in [0, 0.1) is 0 Å². The van der Waals surface area contributed by atoms with E-state index in [2.05, 4.69) is 52.0 Å². The van der Waals surface area contributed by atoms with Crippen LogP contribution in [0.5, 0.6) is 0 Å². The van der Waals surface area contributed by atoms with E-state index in [-0.39, 0.29) is 0 Å². The molecule has 20 heavy (non-hydrogen) atoms. The molecule has 0 aliphatic rings. The number of anilines is 1. The monoisotopic (exact) mass is 405 g/mol. The first-order valence-corrected chi connectivity index (χ1v) is 8.29. The molecular formula is C13H17Br2N3O2. The van der Waals surface area contributed by atoms with Crippen molar-refractivity contribution in [3.8, 4) is 0 Å². The van der Waals surface area contributed by atoms with Crippen molar-refractivity contribution in [1.29, 1.82) is 0 Å². The molecular weight excluding hydrogens is 390 g/mol. The molecule has 0 saturated heterocycles. The number of alkyl halides is 2. The molecule has 1 rings (SSSR count). The van der Waals surface area contributed by atoms with E-state index in [4.69, 9.17) is 0 Å². The highest BCUT2D eigenvalue weighted by molar-refractivity contribution is 9.09. The molecule has 0 bridgehead atoms. The Balaban J connectivity index is 2.64. The van der Waals surface area contributed by atoms with Crippen LogP contribution in [-0.4, -0.2) is 43.2 Å². The van der Waals surface area contributed by atoms with Crippen molar-refractivity contribution in [3.05, 3.63) is 29.8 Å². The molecule has 0 spiro atoms. The molecule has 0 radical (unpaired) electrons. The molecule has 1 aromatic carbocycles. The molecule has 110 valence electrons. The van der Waals surface area contributed by atoms with Crippen molar-refractivity contribution < 1.29 is 9.53 Å². The summed E-state index contributed by atoms with van der Waals surface area (Å²) in [6.45, 7) is 1.89. The summed E-state index contributed by atoms with van der Waals surface area (Å²) in [5, 5.41) is 5.63. The van der Waals surface area contributed by atoms with Gasteiger partial charge in [-0.05, 0) is 17.7 Å². The SMILES string of the molecule is COC(=O)N/N=C\c1ccc(N(CCBr)CCBr)cc1. The van der Waals surface area contributed by atoms with Gasteiger partial charge in [-0.1, -0.05) is 44.0 Å². The van der Waals surface area contributed by atoms with Gasteiger partial charge in [0.15, 0.2) is 0 Å². The minimum absolute atomic E-state index is 0.585. The van der Waals surface area contributed by atoms with Gasteiger partial charge in [0.2, 0.25) is 0 Å². The maximum Gasteiger partial charge on any atom is 0.427 e. The Morgan fingerprint density at radius 3 is 2.40 bits per heavy atom. The summed E-state index contributed by atoms with van der Waals surface area (Å²) in [5.74, 6) is 0. The molecule has 0 aliphatic carbocycles. The highest BCUT2D eigenvalue weighted by Crippen LogP contribution is 2.15. The number of carbonyl (C=O) groups is 1. The second-order valence-corrected chi connectivity index (χ2v) is 5.40. The van der Waals surface area contributed by atoms with Crippen molar-refractivity contribution in [3.63, 3.8) is 0 Å². The Labute approximate surface area is 135 Å². The predicted octanol–water partition coefficient (Wildman–Crippen LogP) is 2.97. The van der Waals surface area contributed by atoms with Crippen molar-refractivity contribution in [2.45, 2.75) is 0 Å². The highest BCUT2D eigenvalue weighted by atomic mass is 79.9. The molecule has 0 unspecified atom stereocenters. The number of nitrogens with zero attached hydrogens (tertiary/aromatic N) is 2. The first kappa shape index (κ1) is 17.0. The van der Waals surface area contributed by atoms with Crippen LogP contribution in [0.25, 0.3) is 0 Å². The maximum absolute atomic E-state index is 10.8. The van der Waals surface area contributed by atoms with Crippen molar-refractivity contribution in [2.24, 2.45) is 5.10 Å². The zero-order chi connectivity index (χ0) is 14.8. The Hall–Kier alpha value is -1.08. The molecule has 0 atom stereocenters. The first-order chi connectivity index (χ1) is 9.71. The fourth-order valence-electron chi connectivity index (χ4n) is 1.55. The average Bonchev–Trinajstić information content (AvgIpc) is 2.47. The number of halogens is 2. The molecule has 1 amide bonds. The summed E-state index contributed by atoms with van der Waals surface area (Å²) in [7, 11) is 1.29. The third-order valence-corrected chi connectivity index (χ3v) is 3.23. The summed E-state index contributed by atoms with van der Waals surface area (Å²) >= 11 is 6.91. The van der Waals surface area contributed by atoms with E-state index in [0.717, 1.165) is 35.0 Å². The molecule has 1 aromatic rings. The number of methoxy groups -OCH3 is 1. The van der Waals surface area contributed by atoms with Crippen molar-refractivity contribution >= 4 is 49.9 Å². The topological polar surface area (TPSA) is 53.9 Å². The van der Waals surface area contributed by atoms with E-state index in [0.29, 0.717) is 0 Å². The molecule has 1 N–H and O–H groups in total. The fourth-order valence-corrected chi connectivity index (χ4v) is 2.41. The molecule has 5 nitrogen and oxygen atoms in total. The van der Waals surface area contributed by atoms with Gasteiger partial charge in [0, 0.05) is 29.4 Å². The lowest BCUT2D eigenvalue weighted by Crippen LogP contribution is -2.27. The third-order valence-electron chi connectivity index (χ3n) is 2.52. The lowest BCUT2D eigenvalue weighted by atomic mass is 10.2. The van der Waals surface area contributed by atoms with Crippen molar-refractivity contribution in [2.75, 3.05) is 35.8 Å². The summed E-state index contributed by atoms with van der Waals surface area (Å²) in [5.41, 5.74) is 4.30. The van der Waals surface area contributed by atoms with Gasteiger partial charge in [0.1, 0.15) is 0 Å². The van der Waals surface area contributed by atoms with Gasteiger partial charge >= 0.3 is 6.09 Å². The Bertz CT molecular complexity index is 432. The largest absolute Gasteiger partial charge is 0.452 e. The van der Waals surface area contributed by atoms with Gasteiger partial charge in [0.25, 0.3) is 0 Å². The predicted molar refractivity (Wildman–Crippen MR) is 89.4 cm³/mol. The van der Waals surface area contributed by atoms with E-state index < -0.39 is 6.09 Å². The van der Waals surface area contributed by atoms with Gasteiger partial charge in [-0.3, -0.25) is 0 Å². The lowest BCUT2D eigenvalue weighted by molar-refractivity contribution is 0.171. The van der Waals surface area contributed by atoms with Crippen LogP contribution in [0.1, 0.15) is 5.56 Å². The minimum atomic E-state index is -0.585. The second kappa shape index (κ2) is 9.77. The normalized spacial score (nSPS) is 10.6. The van der Waals surface area contributed by atoms with E-state index >= 15 is 0 Å². The van der Waals surface area contributed by atoms with Crippen LogP contribution in [0.3, 0.4) is 0 Å². The number of amides is 1. The standard InChI is InChI=1S/C13H17Br2N3O2/c1-20-13(19)17-16-10-11-2-4-12(5-3-11)18(8-6-14)9-7-15/h2-5,10H,6-9H2,1H3,(H,17,19)/b16-10-. The summed E-state index contributed by atoms with van der Waals surface area (Å²) in [4.78, 5) is 13.1. The third kappa shape index (κ3) is 5.92. The maximum atomic E-state index is 10.8. The molecule has 0 aliphatic heterocycles. The van der Waals surface area contributed by atoms with Gasteiger partial charge in [0.05, 0.1) is 13.3 Å². The van der Waals surface area contributed by atoms with Gasteiger partial charge in [-0.15, -0.1) is 0 Å². The van der Waals surface area contributed by atoms with Crippen LogP contribution in [0.15, 0.2) is 29.4 Å². The average molecular weight is 407 g/mol. The molecule has 0 aromatic heterocycles. The number of rotatable bonds is 7. The summed E-state index contributed by atoms with van der Waals surface area (Å²) < 4.78 is 4.41. The second-order valence-electron chi connectivity index (χ2n) is 3.82. The van der Waals surface area contributed by atoms with Crippen LogP contribution in [0.4, 0.5) is 10.5 Å². The Kier molecular flexibility index (Phi) is 8.29. The van der Waals surface area contributed by atoms with E-state index in [9.17, 15) is 4.79 Å². The molecule has 0 saturated carbocycles. The van der Waals surface area contributed by atoms with Crippen LogP contribution in [0.2, 0.25) is 0 Å². The van der Waals surface area contributed by atoms with Gasteiger partial charge in [-0.25, -0.2) is 10.2 Å². The van der Waals surface area contributed by atoms with E-state index in [1.165, 1.54) is 7.11 Å². The molecule has 7 heteroatoms. The summed E-state index contributed by atoms with van der Waals surface area (Å²) in [6.07, 6.45) is 0.985. The first-order valence-electron chi connectivity index (χ1n) is 6.05. The smallest absolute Gasteiger partial charge is 0.427 e. The van der Waals surface area contributed by atoms with Gasteiger partial charge < -0.3 is 9.64 Å². The van der Waals surface area contributed by atoms with Crippen LogP contribution in [-0.2, 0) is 4.74 Å². The number of nitrogens with one attached hydrogen (secondary N) is 1. The van der Waals surface area contributed by atoms with Gasteiger partial charge in [-0.2, -0.15) is 5.10 Å². The number of hydrogen-bond donors (Lipinski definition) is 1. The van der Waals surface area contributed by atoms with E-state index in [1.807, 2.05) is 24.3 Å². The quantitative estimate of drug-likeness (QED) is 0.430. The number of carbonyl (C=O) groups excluding carboxylic acids is 1. The zero-order valence-electron chi connectivity index (χ0n) is 11.2.